The van der Waals surface area contributed by atoms with Crippen molar-refractivity contribution in [1.29, 1.82) is 0 Å². The zero-order valence-electron chi connectivity index (χ0n) is 13.8. The molecule has 0 saturated carbocycles. The van der Waals surface area contributed by atoms with E-state index < -0.39 is 0 Å². The summed E-state index contributed by atoms with van der Waals surface area (Å²) in [5.74, 6) is 3.42. The first-order chi connectivity index (χ1) is 10.1. The molecule has 1 unspecified atom stereocenters. The molecular weight excluding hydrogens is 264 g/mol. The summed E-state index contributed by atoms with van der Waals surface area (Å²) in [5, 5.41) is 3.40. The number of anilines is 2. The van der Waals surface area contributed by atoms with Crippen molar-refractivity contribution in [3.05, 3.63) is 11.4 Å². The van der Waals surface area contributed by atoms with E-state index in [0.717, 1.165) is 55.7 Å². The lowest BCUT2D eigenvalue weighted by Crippen LogP contribution is -2.32. The summed E-state index contributed by atoms with van der Waals surface area (Å²) in [6.45, 7) is 9.93. The van der Waals surface area contributed by atoms with Crippen LogP contribution >= 0.6 is 0 Å². The SMILES string of the molecule is CCCNc1nc(C)nc(N(C)CC2CCCOC2)c1C. The van der Waals surface area contributed by atoms with Gasteiger partial charge in [0.15, 0.2) is 0 Å². The molecule has 0 amide bonds. The Balaban J connectivity index is 2.11. The van der Waals surface area contributed by atoms with Crippen LogP contribution in [0.5, 0.6) is 0 Å². The van der Waals surface area contributed by atoms with Gasteiger partial charge < -0.3 is 15.0 Å². The summed E-state index contributed by atoms with van der Waals surface area (Å²) < 4.78 is 5.58. The Morgan fingerprint density at radius 2 is 2.14 bits per heavy atom. The zero-order chi connectivity index (χ0) is 15.2. The Morgan fingerprint density at radius 3 is 2.81 bits per heavy atom. The second-order valence-corrected chi connectivity index (χ2v) is 5.96. The van der Waals surface area contributed by atoms with Gasteiger partial charge in [0.25, 0.3) is 0 Å². The third kappa shape index (κ3) is 4.30. The van der Waals surface area contributed by atoms with Crippen molar-refractivity contribution < 1.29 is 4.74 Å². The second kappa shape index (κ2) is 7.59. The summed E-state index contributed by atoms with van der Waals surface area (Å²) in [5.41, 5.74) is 1.13. The largest absolute Gasteiger partial charge is 0.381 e. The van der Waals surface area contributed by atoms with Crippen LogP contribution in [-0.2, 0) is 4.74 Å². The molecule has 0 aromatic carbocycles. The summed E-state index contributed by atoms with van der Waals surface area (Å²) in [6.07, 6.45) is 3.51. The molecule has 1 N–H and O–H groups in total. The average Bonchev–Trinajstić information content (AvgIpc) is 2.48. The molecule has 118 valence electrons. The van der Waals surface area contributed by atoms with Crippen molar-refractivity contribution in [3.8, 4) is 0 Å². The van der Waals surface area contributed by atoms with E-state index in [1.807, 2.05) is 6.92 Å². The molecule has 1 aromatic heterocycles. The quantitative estimate of drug-likeness (QED) is 0.873. The molecule has 0 spiro atoms. The Bertz CT molecular complexity index is 458. The highest BCUT2D eigenvalue weighted by atomic mass is 16.5. The van der Waals surface area contributed by atoms with Gasteiger partial charge >= 0.3 is 0 Å². The first-order valence-corrected chi connectivity index (χ1v) is 7.99. The molecule has 5 nitrogen and oxygen atoms in total. The van der Waals surface area contributed by atoms with Gasteiger partial charge in [-0.05, 0) is 39.0 Å². The molecular formula is C16H28N4O. The van der Waals surface area contributed by atoms with Gasteiger partial charge in [0.1, 0.15) is 17.5 Å². The number of nitrogens with zero attached hydrogens (tertiary/aromatic N) is 3. The van der Waals surface area contributed by atoms with Crippen molar-refractivity contribution in [2.45, 2.75) is 40.0 Å². The van der Waals surface area contributed by atoms with Gasteiger partial charge in [0.2, 0.25) is 0 Å². The highest BCUT2D eigenvalue weighted by Gasteiger charge is 2.19. The van der Waals surface area contributed by atoms with Crippen molar-refractivity contribution in [1.82, 2.24) is 9.97 Å². The van der Waals surface area contributed by atoms with Gasteiger partial charge in [-0.1, -0.05) is 6.92 Å². The van der Waals surface area contributed by atoms with E-state index in [4.69, 9.17) is 4.74 Å². The summed E-state index contributed by atoms with van der Waals surface area (Å²) >= 11 is 0. The van der Waals surface area contributed by atoms with Crippen LogP contribution in [0.15, 0.2) is 0 Å². The van der Waals surface area contributed by atoms with Gasteiger partial charge in [-0.3, -0.25) is 0 Å². The van der Waals surface area contributed by atoms with E-state index in [1.54, 1.807) is 0 Å². The molecule has 1 saturated heterocycles. The molecule has 1 atom stereocenters. The minimum atomic E-state index is 0.602. The van der Waals surface area contributed by atoms with Gasteiger partial charge in [-0.15, -0.1) is 0 Å². The first kappa shape index (κ1) is 16.0. The van der Waals surface area contributed by atoms with Crippen LogP contribution < -0.4 is 10.2 Å². The number of nitrogens with one attached hydrogen (secondary N) is 1. The molecule has 21 heavy (non-hydrogen) atoms. The number of rotatable bonds is 6. The van der Waals surface area contributed by atoms with E-state index in [-0.39, 0.29) is 0 Å². The molecule has 5 heteroatoms. The number of hydrogen-bond acceptors (Lipinski definition) is 5. The lowest BCUT2D eigenvalue weighted by Gasteiger charge is -2.29. The maximum absolute atomic E-state index is 5.58. The Kier molecular flexibility index (Phi) is 5.79. The number of ether oxygens (including phenoxy) is 1. The Hall–Kier alpha value is -1.36. The van der Waals surface area contributed by atoms with Crippen molar-refractivity contribution in [3.63, 3.8) is 0 Å². The minimum absolute atomic E-state index is 0.602. The van der Waals surface area contributed by atoms with Crippen molar-refractivity contribution >= 4 is 11.6 Å². The number of hydrogen-bond donors (Lipinski definition) is 1. The van der Waals surface area contributed by atoms with E-state index >= 15 is 0 Å². The third-order valence-corrected chi connectivity index (χ3v) is 3.92. The number of aryl methyl sites for hydroxylation is 1. The van der Waals surface area contributed by atoms with Gasteiger partial charge in [0, 0.05) is 32.3 Å². The Morgan fingerprint density at radius 1 is 1.33 bits per heavy atom. The topological polar surface area (TPSA) is 50.3 Å². The maximum atomic E-state index is 5.58. The van der Waals surface area contributed by atoms with E-state index in [0.29, 0.717) is 5.92 Å². The van der Waals surface area contributed by atoms with Crippen LogP contribution in [0.2, 0.25) is 0 Å². The predicted molar refractivity (Wildman–Crippen MR) is 87.1 cm³/mol. The standard InChI is InChI=1S/C16H28N4O/c1-5-8-17-15-12(2)16(19-13(3)18-15)20(4)10-14-7-6-9-21-11-14/h14H,5-11H2,1-4H3,(H,17,18,19). The van der Waals surface area contributed by atoms with Crippen LogP contribution in [0.4, 0.5) is 11.6 Å². The summed E-state index contributed by atoms with van der Waals surface area (Å²) in [7, 11) is 2.12. The lowest BCUT2D eigenvalue weighted by atomic mass is 10.0. The van der Waals surface area contributed by atoms with Crippen LogP contribution in [0.3, 0.4) is 0 Å². The van der Waals surface area contributed by atoms with Crippen molar-refractivity contribution in [2.24, 2.45) is 5.92 Å². The smallest absolute Gasteiger partial charge is 0.137 e. The fourth-order valence-electron chi connectivity index (χ4n) is 2.83. The minimum Gasteiger partial charge on any atom is -0.381 e. The zero-order valence-corrected chi connectivity index (χ0v) is 13.8. The molecule has 0 radical (unpaired) electrons. The van der Waals surface area contributed by atoms with E-state index in [9.17, 15) is 0 Å². The van der Waals surface area contributed by atoms with Gasteiger partial charge in [-0.2, -0.15) is 0 Å². The van der Waals surface area contributed by atoms with E-state index in [1.165, 1.54) is 12.8 Å². The molecule has 0 bridgehead atoms. The molecule has 1 aromatic rings. The Labute approximate surface area is 128 Å². The van der Waals surface area contributed by atoms with E-state index in [2.05, 4.69) is 41.1 Å². The second-order valence-electron chi connectivity index (χ2n) is 5.96. The number of aromatic nitrogens is 2. The summed E-state index contributed by atoms with van der Waals surface area (Å²) in [6, 6.07) is 0. The maximum Gasteiger partial charge on any atom is 0.137 e. The highest BCUT2D eigenvalue weighted by molar-refractivity contribution is 5.58. The molecule has 1 aliphatic heterocycles. The van der Waals surface area contributed by atoms with Crippen LogP contribution in [0, 0.1) is 19.8 Å². The highest BCUT2D eigenvalue weighted by Crippen LogP contribution is 2.24. The third-order valence-electron chi connectivity index (χ3n) is 3.92. The average molecular weight is 292 g/mol. The van der Waals surface area contributed by atoms with Gasteiger partial charge in [0.05, 0.1) is 6.61 Å². The molecule has 2 heterocycles. The van der Waals surface area contributed by atoms with Crippen LogP contribution in [0.1, 0.15) is 37.6 Å². The predicted octanol–water partition coefficient (Wildman–Crippen LogP) is 2.78. The molecule has 2 rings (SSSR count). The van der Waals surface area contributed by atoms with Crippen LogP contribution in [-0.4, -0.2) is 43.3 Å². The van der Waals surface area contributed by atoms with Gasteiger partial charge in [-0.25, -0.2) is 9.97 Å². The first-order valence-electron chi connectivity index (χ1n) is 7.99. The van der Waals surface area contributed by atoms with Crippen LogP contribution in [0.25, 0.3) is 0 Å². The summed E-state index contributed by atoms with van der Waals surface area (Å²) in [4.78, 5) is 11.4. The molecule has 1 fully saturated rings. The fraction of sp³-hybridized carbons (Fsp3) is 0.750. The monoisotopic (exact) mass is 292 g/mol. The fourth-order valence-corrected chi connectivity index (χ4v) is 2.83. The molecule has 1 aliphatic rings. The lowest BCUT2D eigenvalue weighted by molar-refractivity contribution is 0.0576. The normalized spacial score (nSPS) is 18.6. The van der Waals surface area contributed by atoms with Crippen molar-refractivity contribution in [2.75, 3.05) is 43.6 Å². The molecule has 0 aliphatic carbocycles.